The standard InChI is InChI=1S/C18H15N3O4S/c22-16-14-10-2-1-3-13(10)26-18(14)21-15(20-16)17(23)19-7-9-4-5-11-12(6-9)25-8-24-11/h4-6H,1-3,7-8H2,(H,19,23)(H,20,21,22). The van der Waals surface area contributed by atoms with Gasteiger partial charge in [0.2, 0.25) is 12.6 Å². The van der Waals surface area contributed by atoms with E-state index < -0.39 is 5.91 Å². The first kappa shape index (κ1) is 15.4. The highest BCUT2D eigenvalue weighted by Gasteiger charge is 2.22. The van der Waals surface area contributed by atoms with Gasteiger partial charge in [0.25, 0.3) is 11.5 Å². The molecule has 1 amide bonds. The lowest BCUT2D eigenvalue weighted by Crippen LogP contribution is -2.27. The fourth-order valence-corrected chi connectivity index (χ4v) is 4.69. The Morgan fingerprint density at radius 3 is 3.08 bits per heavy atom. The predicted molar refractivity (Wildman–Crippen MR) is 96.0 cm³/mol. The third-order valence-corrected chi connectivity index (χ3v) is 5.87. The van der Waals surface area contributed by atoms with Crippen LogP contribution < -0.4 is 20.3 Å². The first-order chi connectivity index (χ1) is 12.7. The lowest BCUT2D eigenvalue weighted by atomic mass is 10.2. The van der Waals surface area contributed by atoms with Crippen LogP contribution in [0.15, 0.2) is 23.0 Å². The number of carbonyl (C=O) groups is 1. The Hall–Kier alpha value is -2.87. The van der Waals surface area contributed by atoms with Crippen molar-refractivity contribution >= 4 is 27.5 Å². The molecule has 0 saturated heterocycles. The van der Waals surface area contributed by atoms with Crippen LogP contribution in [0.25, 0.3) is 10.2 Å². The summed E-state index contributed by atoms with van der Waals surface area (Å²) in [5, 5.41) is 3.43. The number of fused-ring (bicyclic) bond motifs is 4. The van der Waals surface area contributed by atoms with Crippen molar-refractivity contribution in [2.75, 3.05) is 6.79 Å². The molecule has 3 aromatic rings. The maximum Gasteiger partial charge on any atom is 0.287 e. The first-order valence-electron chi connectivity index (χ1n) is 8.40. The average molecular weight is 369 g/mol. The van der Waals surface area contributed by atoms with E-state index in [9.17, 15) is 9.59 Å². The number of H-pyrrole nitrogens is 1. The highest BCUT2D eigenvalue weighted by atomic mass is 32.1. The number of nitrogens with zero attached hydrogens (tertiary/aromatic N) is 1. The third-order valence-electron chi connectivity index (χ3n) is 4.68. The number of hydrogen-bond acceptors (Lipinski definition) is 6. The van der Waals surface area contributed by atoms with Crippen molar-refractivity contribution in [3.8, 4) is 11.5 Å². The first-order valence-corrected chi connectivity index (χ1v) is 9.22. The number of aromatic nitrogens is 2. The second-order valence-corrected chi connectivity index (χ2v) is 7.41. The van der Waals surface area contributed by atoms with Gasteiger partial charge in [0, 0.05) is 11.4 Å². The number of thiophene rings is 1. The summed E-state index contributed by atoms with van der Waals surface area (Å²) in [6.45, 7) is 0.513. The van der Waals surface area contributed by atoms with E-state index in [4.69, 9.17) is 9.47 Å². The lowest BCUT2D eigenvalue weighted by molar-refractivity contribution is 0.0940. The van der Waals surface area contributed by atoms with E-state index in [1.165, 1.54) is 16.2 Å². The van der Waals surface area contributed by atoms with Gasteiger partial charge < -0.3 is 19.8 Å². The topological polar surface area (TPSA) is 93.3 Å². The van der Waals surface area contributed by atoms with Gasteiger partial charge in [-0.05, 0) is 42.5 Å². The number of benzene rings is 1. The van der Waals surface area contributed by atoms with Crippen molar-refractivity contribution in [3.63, 3.8) is 0 Å². The third kappa shape index (κ3) is 2.45. The van der Waals surface area contributed by atoms with Gasteiger partial charge in [-0.25, -0.2) is 4.98 Å². The average Bonchev–Trinajstić information content (AvgIpc) is 3.33. The summed E-state index contributed by atoms with van der Waals surface area (Å²) in [5.74, 6) is 0.999. The van der Waals surface area contributed by atoms with E-state index in [1.807, 2.05) is 18.2 Å². The number of amides is 1. The maximum absolute atomic E-state index is 12.4. The van der Waals surface area contributed by atoms with Crippen LogP contribution in [0.1, 0.15) is 33.0 Å². The number of carbonyl (C=O) groups excluding carboxylic acids is 1. The molecule has 2 aromatic heterocycles. The summed E-state index contributed by atoms with van der Waals surface area (Å²) in [4.78, 5) is 33.7. The summed E-state index contributed by atoms with van der Waals surface area (Å²) in [7, 11) is 0. The van der Waals surface area contributed by atoms with Gasteiger partial charge >= 0.3 is 0 Å². The van der Waals surface area contributed by atoms with Crippen LogP contribution in [-0.4, -0.2) is 22.7 Å². The number of ether oxygens (including phenoxy) is 2. The predicted octanol–water partition coefficient (Wildman–Crippen LogP) is 2.13. The number of nitrogens with one attached hydrogen (secondary N) is 2. The Labute approximate surface area is 152 Å². The fraction of sp³-hybridized carbons (Fsp3) is 0.278. The number of rotatable bonds is 3. The van der Waals surface area contributed by atoms with Crippen molar-refractivity contribution < 1.29 is 14.3 Å². The summed E-state index contributed by atoms with van der Waals surface area (Å²) in [6, 6.07) is 5.49. The minimum Gasteiger partial charge on any atom is -0.454 e. The van der Waals surface area contributed by atoms with Crippen molar-refractivity contribution in [3.05, 3.63) is 50.4 Å². The second kappa shape index (κ2) is 5.84. The fourth-order valence-electron chi connectivity index (χ4n) is 3.43. The molecule has 1 aliphatic heterocycles. The molecule has 1 aliphatic carbocycles. The number of hydrogen-bond donors (Lipinski definition) is 2. The van der Waals surface area contributed by atoms with E-state index in [2.05, 4.69) is 15.3 Å². The monoisotopic (exact) mass is 369 g/mol. The van der Waals surface area contributed by atoms with Crippen LogP contribution in [-0.2, 0) is 19.4 Å². The number of aryl methyl sites for hydroxylation is 2. The molecule has 26 heavy (non-hydrogen) atoms. The quantitative estimate of drug-likeness (QED) is 0.738. The molecule has 0 spiro atoms. The Morgan fingerprint density at radius 1 is 1.27 bits per heavy atom. The van der Waals surface area contributed by atoms with Crippen molar-refractivity contribution in [2.45, 2.75) is 25.8 Å². The minimum absolute atomic E-state index is 0.0446. The summed E-state index contributed by atoms with van der Waals surface area (Å²) >= 11 is 1.52. The molecule has 0 saturated carbocycles. The summed E-state index contributed by atoms with van der Waals surface area (Å²) in [6.07, 6.45) is 2.98. The molecule has 5 rings (SSSR count). The minimum atomic E-state index is -0.407. The Balaban J connectivity index is 1.38. The smallest absolute Gasteiger partial charge is 0.287 e. The van der Waals surface area contributed by atoms with Gasteiger partial charge in [0.05, 0.1) is 5.39 Å². The summed E-state index contributed by atoms with van der Waals surface area (Å²) < 4.78 is 10.6. The van der Waals surface area contributed by atoms with Crippen molar-refractivity contribution in [1.82, 2.24) is 15.3 Å². The van der Waals surface area contributed by atoms with Crippen LogP contribution >= 0.6 is 11.3 Å². The largest absolute Gasteiger partial charge is 0.454 e. The van der Waals surface area contributed by atoms with Crippen LogP contribution in [0.5, 0.6) is 11.5 Å². The van der Waals surface area contributed by atoms with E-state index in [0.29, 0.717) is 28.3 Å². The Bertz CT molecular complexity index is 1100. The SMILES string of the molecule is O=C(NCc1ccc2c(c1)OCO2)c1nc2sc3c(c2c(=O)[nH]1)CCC3. The second-order valence-electron chi connectivity index (χ2n) is 6.32. The van der Waals surface area contributed by atoms with E-state index in [-0.39, 0.29) is 18.2 Å². The highest BCUT2D eigenvalue weighted by Crippen LogP contribution is 2.34. The molecular formula is C18H15N3O4S. The normalized spacial score (nSPS) is 14.6. The summed E-state index contributed by atoms with van der Waals surface area (Å²) in [5.41, 5.74) is 1.75. The molecule has 0 fully saturated rings. The molecular weight excluding hydrogens is 354 g/mol. The lowest BCUT2D eigenvalue weighted by Gasteiger charge is -2.06. The molecule has 8 heteroatoms. The van der Waals surface area contributed by atoms with Crippen molar-refractivity contribution in [1.29, 1.82) is 0 Å². The Morgan fingerprint density at radius 2 is 2.15 bits per heavy atom. The molecule has 3 heterocycles. The van der Waals surface area contributed by atoms with Crippen LogP contribution in [0.3, 0.4) is 0 Å². The zero-order valence-electron chi connectivity index (χ0n) is 13.8. The number of aromatic amines is 1. The van der Waals surface area contributed by atoms with Gasteiger partial charge in [-0.1, -0.05) is 6.07 Å². The maximum atomic E-state index is 12.4. The van der Waals surface area contributed by atoms with E-state index in [0.717, 1.165) is 30.4 Å². The molecule has 7 nitrogen and oxygen atoms in total. The van der Waals surface area contributed by atoms with E-state index >= 15 is 0 Å². The van der Waals surface area contributed by atoms with Gasteiger partial charge in [0.15, 0.2) is 11.5 Å². The van der Waals surface area contributed by atoms with Crippen molar-refractivity contribution in [2.24, 2.45) is 0 Å². The van der Waals surface area contributed by atoms with Crippen LogP contribution in [0.2, 0.25) is 0 Å². The molecule has 1 aromatic carbocycles. The molecule has 0 unspecified atom stereocenters. The van der Waals surface area contributed by atoms with Crippen LogP contribution in [0, 0.1) is 0 Å². The molecule has 132 valence electrons. The molecule has 2 aliphatic rings. The van der Waals surface area contributed by atoms with Gasteiger partial charge in [-0.15, -0.1) is 11.3 Å². The molecule has 0 atom stereocenters. The zero-order chi connectivity index (χ0) is 17.7. The van der Waals surface area contributed by atoms with Gasteiger partial charge in [0.1, 0.15) is 4.83 Å². The molecule has 2 N–H and O–H groups in total. The van der Waals surface area contributed by atoms with Gasteiger partial charge in [-0.3, -0.25) is 9.59 Å². The zero-order valence-corrected chi connectivity index (χ0v) is 14.6. The van der Waals surface area contributed by atoms with E-state index in [1.54, 1.807) is 0 Å². The van der Waals surface area contributed by atoms with Crippen LogP contribution in [0.4, 0.5) is 0 Å². The Kier molecular flexibility index (Phi) is 3.46. The molecule has 0 bridgehead atoms. The molecule has 0 radical (unpaired) electrons. The van der Waals surface area contributed by atoms with Gasteiger partial charge in [-0.2, -0.15) is 0 Å². The highest BCUT2D eigenvalue weighted by molar-refractivity contribution is 7.18.